The highest BCUT2D eigenvalue weighted by atomic mass is 16.4. The normalized spacial score (nSPS) is 21.4. The first-order valence-corrected chi connectivity index (χ1v) is 3.80. The molecule has 78 valence electrons. The lowest BCUT2D eigenvalue weighted by Crippen LogP contribution is -2.46. The van der Waals surface area contributed by atoms with Crippen LogP contribution in [0.1, 0.15) is 0 Å². The summed E-state index contributed by atoms with van der Waals surface area (Å²) in [4.78, 5) is 3.43. The number of aliphatic hydroxyl groups is 5. The Hall–Kier alpha value is -0.530. The molecule has 6 nitrogen and oxygen atoms in total. The smallest absolute Gasteiger partial charge is 0.117 e. The van der Waals surface area contributed by atoms with Crippen molar-refractivity contribution >= 4 is 6.21 Å². The van der Waals surface area contributed by atoms with Crippen molar-refractivity contribution in [1.82, 2.24) is 0 Å². The number of hydrogen-bond acceptors (Lipinski definition) is 6. The van der Waals surface area contributed by atoms with Crippen LogP contribution in [0, 0.1) is 0 Å². The summed E-state index contributed by atoms with van der Waals surface area (Å²) in [6, 6.07) is 0. The zero-order chi connectivity index (χ0) is 10.4. The van der Waals surface area contributed by atoms with E-state index in [2.05, 4.69) is 4.99 Å². The maximum absolute atomic E-state index is 9.16. The average Bonchev–Trinajstić information content (AvgIpc) is 2.14. The maximum atomic E-state index is 9.16. The van der Waals surface area contributed by atoms with Crippen LogP contribution in [0.5, 0.6) is 0 Å². The van der Waals surface area contributed by atoms with Gasteiger partial charge in [0.05, 0.1) is 6.61 Å². The zero-order valence-corrected chi connectivity index (χ0v) is 7.28. The fourth-order valence-corrected chi connectivity index (χ4v) is 0.779. The third-order valence-electron chi connectivity index (χ3n) is 1.58. The highest BCUT2D eigenvalue weighted by Crippen LogP contribution is 2.03. The van der Waals surface area contributed by atoms with Gasteiger partial charge in [0.25, 0.3) is 0 Å². The molecule has 0 saturated carbocycles. The van der Waals surface area contributed by atoms with Gasteiger partial charge in [0.2, 0.25) is 0 Å². The summed E-state index contributed by atoms with van der Waals surface area (Å²) in [5, 5.41) is 44.7. The van der Waals surface area contributed by atoms with Crippen molar-refractivity contribution in [2.24, 2.45) is 4.99 Å². The molecule has 0 aromatic rings. The van der Waals surface area contributed by atoms with Crippen LogP contribution in [0.25, 0.3) is 0 Å². The van der Waals surface area contributed by atoms with Gasteiger partial charge in [-0.1, -0.05) is 0 Å². The van der Waals surface area contributed by atoms with Gasteiger partial charge < -0.3 is 25.5 Å². The van der Waals surface area contributed by atoms with Crippen LogP contribution in [0.3, 0.4) is 0 Å². The fraction of sp³-hybridized carbons (Fsp3) is 0.857. The monoisotopic (exact) mass is 193 g/mol. The van der Waals surface area contributed by atoms with Crippen molar-refractivity contribution in [3.63, 3.8) is 0 Å². The van der Waals surface area contributed by atoms with Gasteiger partial charge in [-0.05, 0) is 0 Å². The minimum absolute atomic E-state index is 0.686. The number of hydrogen-bond donors (Lipinski definition) is 5. The Morgan fingerprint density at radius 2 is 1.69 bits per heavy atom. The van der Waals surface area contributed by atoms with Crippen LogP contribution in [0.15, 0.2) is 4.99 Å². The Balaban J connectivity index is 4.15. The number of aliphatic imine (C=N–C) groups is 1. The molecule has 0 bridgehead atoms. The SMILES string of the molecule is C/N=C\[C@H](O)[C@@H](O)[C@H](O)[C@H](O)CO. The molecular formula is C7H15NO5. The molecule has 0 spiro atoms. The van der Waals surface area contributed by atoms with Gasteiger partial charge in [-0.15, -0.1) is 0 Å². The van der Waals surface area contributed by atoms with Crippen molar-refractivity contribution < 1.29 is 25.5 Å². The average molecular weight is 193 g/mol. The van der Waals surface area contributed by atoms with E-state index >= 15 is 0 Å². The van der Waals surface area contributed by atoms with Crippen LogP contribution < -0.4 is 0 Å². The van der Waals surface area contributed by atoms with Gasteiger partial charge in [0, 0.05) is 13.3 Å². The molecule has 0 heterocycles. The lowest BCUT2D eigenvalue weighted by atomic mass is 10.0. The molecule has 5 N–H and O–H groups in total. The predicted octanol–water partition coefficient (Wildman–Crippen LogP) is -2.88. The fourth-order valence-electron chi connectivity index (χ4n) is 0.779. The summed E-state index contributed by atoms with van der Waals surface area (Å²) in [7, 11) is 1.39. The lowest BCUT2D eigenvalue weighted by molar-refractivity contribution is -0.0999. The van der Waals surface area contributed by atoms with Crippen LogP contribution in [0.4, 0.5) is 0 Å². The summed E-state index contributed by atoms with van der Waals surface area (Å²) < 4.78 is 0. The van der Waals surface area contributed by atoms with Crippen molar-refractivity contribution in [3.8, 4) is 0 Å². The van der Waals surface area contributed by atoms with E-state index in [1.54, 1.807) is 0 Å². The van der Waals surface area contributed by atoms with E-state index in [0.29, 0.717) is 0 Å². The third kappa shape index (κ3) is 3.79. The first kappa shape index (κ1) is 12.5. The summed E-state index contributed by atoms with van der Waals surface area (Å²) in [6.45, 7) is -0.686. The highest BCUT2D eigenvalue weighted by Gasteiger charge is 2.28. The predicted molar refractivity (Wildman–Crippen MR) is 45.5 cm³/mol. The second-order valence-electron chi connectivity index (χ2n) is 2.63. The standard InChI is InChI=1S/C7H15NO5/c1-8-2-4(10)6(12)7(13)5(11)3-9/h2,4-7,9-13H,3H2,1H3/b8-2-/t4-,5+,6+,7+/m0/s1. The Kier molecular flexibility index (Phi) is 5.76. The van der Waals surface area contributed by atoms with Gasteiger partial charge in [0.1, 0.15) is 24.4 Å². The largest absolute Gasteiger partial charge is 0.394 e. The molecule has 0 unspecified atom stereocenters. The van der Waals surface area contributed by atoms with E-state index in [1.807, 2.05) is 0 Å². The molecule has 6 heteroatoms. The molecule has 0 aliphatic carbocycles. The second kappa shape index (κ2) is 6.01. The van der Waals surface area contributed by atoms with Crippen molar-refractivity contribution in [2.45, 2.75) is 24.4 Å². The first-order valence-electron chi connectivity index (χ1n) is 3.80. The summed E-state index contributed by atoms with van der Waals surface area (Å²) in [5.74, 6) is 0. The van der Waals surface area contributed by atoms with Gasteiger partial charge >= 0.3 is 0 Å². The first-order chi connectivity index (χ1) is 6.04. The number of rotatable bonds is 5. The van der Waals surface area contributed by atoms with Crippen LogP contribution >= 0.6 is 0 Å². The topological polar surface area (TPSA) is 114 Å². The number of nitrogens with zero attached hydrogens (tertiary/aromatic N) is 1. The molecular weight excluding hydrogens is 178 g/mol. The second-order valence-corrected chi connectivity index (χ2v) is 2.63. The Labute approximate surface area is 75.8 Å². The third-order valence-corrected chi connectivity index (χ3v) is 1.58. The van der Waals surface area contributed by atoms with Gasteiger partial charge in [-0.25, -0.2) is 0 Å². The lowest BCUT2D eigenvalue weighted by Gasteiger charge is -2.23. The molecule has 0 aromatic carbocycles. The molecule has 0 saturated heterocycles. The molecule has 0 radical (unpaired) electrons. The number of aliphatic hydroxyl groups excluding tert-OH is 5. The van der Waals surface area contributed by atoms with E-state index in [1.165, 1.54) is 7.05 Å². The summed E-state index contributed by atoms with van der Waals surface area (Å²) in [6.07, 6.45) is -4.97. The van der Waals surface area contributed by atoms with Crippen molar-refractivity contribution in [2.75, 3.05) is 13.7 Å². The minimum Gasteiger partial charge on any atom is -0.394 e. The Morgan fingerprint density at radius 3 is 2.08 bits per heavy atom. The summed E-state index contributed by atoms with van der Waals surface area (Å²) in [5.41, 5.74) is 0. The molecule has 0 rings (SSSR count). The Morgan fingerprint density at radius 1 is 1.15 bits per heavy atom. The highest BCUT2D eigenvalue weighted by molar-refractivity contribution is 5.63. The summed E-state index contributed by atoms with van der Waals surface area (Å²) >= 11 is 0. The molecule has 0 aliphatic rings. The molecule has 0 fully saturated rings. The minimum atomic E-state index is -1.60. The van der Waals surface area contributed by atoms with E-state index in [0.717, 1.165) is 6.21 Å². The molecule has 0 aromatic heterocycles. The van der Waals surface area contributed by atoms with Gasteiger partial charge in [-0.3, -0.25) is 4.99 Å². The molecule has 13 heavy (non-hydrogen) atoms. The van der Waals surface area contributed by atoms with Gasteiger partial charge in [-0.2, -0.15) is 0 Å². The van der Waals surface area contributed by atoms with Gasteiger partial charge in [0.15, 0.2) is 0 Å². The molecule has 0 aliphatic heterocycles. The van der Waals surface area contributed by atoms with Crippen molar-refractivity contribution in [3.05, 3.63) is 0 Å². The maximum Gasteiger partial charge on any atom is 0.117 e. The van der Waals surface area contributed by atoms with E-state index < -0.39 is 31.0 Å². The van der Waals surface area contributed by atoms with E-state index in [4.69, 9.17) is 25.5 Å². The molecule has 0 amide bonds. The van der Waals surface area contributed by atoms with Crippen LogP contribution in [0.2, 0.25) is 0 Å². The van der Waals surface area contributed by atoms with E-state index in [-0.39, 0.29) is 0 Å². The van der Waals surface area contributed by atoms with Crippen LogP contribution in [-0.2, 0) is 0 Å². The zero-order valence-electron chi connectivity index (χ0n) is 7.28. The Bertz CT molecular complexity index is 163. The van der Waals surface area contributed by atoms with Crippen LogP contribution in [-0.4, -0.2) is 69.8 Å². The molecule has 4 atom stereocenters. The van der Waals surface area contributed by atoms with E-state index in [9.17, 15) is 0 Å². The quantitative estimate of drug-likeness (QED) is 0.301. The van der Waals surface area contributed by atoms with Crippen molar-refractivity contribution in [1.29, 1.82) is 0 Å².